The predicted molar refractivity (Wildman–Crippen MR) is 79.4 cm³/mol. The minimum absolute atomic E-state index is 0.176. The number of aryl methyl sites for hydroxylation is 1. The van der Waals surface area contributed by atoms with Gasteiger partial charge in [0, 0.05) is 5.02 Å². The number of nitrogens with one attached hydrogen (secondary N) is 1. The quantitative estimate of drug-likeness (QED) is 0.779. The molecular formula is C12H8ClN3OS2. The van der Waals surface area contributed by atoms with Gasteiger partial charge in [0.15, 0.2) is 5.13 Å². The SMILES string of the molecule is Cc1ncsc1C(=O)Nc1nc2ccc(Cl)cc2s1. The molecule has 2 aromatic heterocycles. The molecule has 0 fully saturated rings. The number of carbonyl (C=O) groups excluding carboxylic acids is 1. The van der Waals surface area contributed by atoms with Crippen LogP contribution in [0.1, 0.15) is 15.4 Å². The molecule has 4 nitrogen and oxygen atoms in total. The standard InChI is InChI=1S/C12H8ClN3OS2/c1-6-10(18-5-14-6)11(17)16-12-15-8-3-2-7(13)4-9(8)19-12/h2-5H,1H3,(H,15,16,17). The summed E-state index contributed by atoms with van der Waals surface area (Å²) in [6, 6.07) is 5.45. The number of hydrogen-bond acceptors (Lipinski definition) is 5. The molecule has 0 aliphatic heterocycles. The highest BCUT2D eigenvalue weighted by atomic mass is 35.5. The minimum Gasteiger partial charge on any atom is -0.297 e. The number of hydrogen-bond donors (Lipinski definition) is 1. The highest BCUT2D eigenvalue weighted by Gasteiger charge is 2.14. The first-order chi connectivity index (χ1) is 9.13. The molecule has 0 aliphatic carbocycles. The number of carbonyl (C=O) groups is 1. The van der Waals surface area contributed by atoms with Gasteiger partial charge in [0.05, 0.1) is 21.4 Å². The van der Waals surface area contributed by atoms with Gasteiger partial charge in [-0.1, -0.05) is 22.9 Å². The third kappa shape index (κ3) is 2.47. The molecule has 96 valence electrons. The number of halogens is 1. The Morgan fingerprint density at radius 3 is 3.00 bits per heavy atom. The molecule has 3 rings (SSSR count). The van der Waals surface area contributed by atoms with Crippen LogP contribution < -0.4 is 5.32 Å². The lowest BCUT2D eigenvalue weighted by atomic mass is 10.3. The predicted octanol–water partition coefficient (Wildman–Crippen LogP) is 3.97. The maximum absolute atomic E-state index is 12.0. The summed E-state index contributed by atoms with van der Waals surface area (Å²) in [6.45, 7) is 1.81. The Balaban J connectivity index is 1.89. The number of aromatic nitrogens is 2. The lowest BCUT2D eigenvalue weighted by molar-refractivity contribution is 0.103. The van der Waals surface area contributed by atoms with Gasteiger partial charge in [-0.25, -0.2) is 9.97 Å². The van der Waals surface area contributed by atoms with Crippen molar-refractivity contribution in [3.63, 3.8) is 0 Å². The van der Waals surface area contributed by atoms with Crippen LogP contribution in [0.3, 0.4) is 0 Å². The van der Waals surface area contributed by atoms with Crippen molar-refractivity contribution in [3.05, 3.63) is 39.3 Å². The van der Waals surface area contributed by atoms with E-state index in [-0.39, 0.29) is 5.91 Å². The average molecular weight is 310 g/mol. The van der Waals surface area contributed by atoms with Crippen LogP contribution in [-0.4, -0.2) is 15.9 Å². The largest absolute Gasteiger partial charge is 0.297 e. The Labute approximate surface area is 122 Å². The molecule has 2 heterocycles. The maximum atomic E-state index is 12.0. The third-order valence-corrected chi connectivity index (χ3v) is 4.62. The molecule has 0 unspecified atom stereocenters. The van der Waals surface area contributed by atoms with Crippen LogP contribution in [-0.2, 0) is 0 Å². The molecule has 1 aromatic carbocycles. The van der Waals surface area contributed by atoms with E-state index >= 15 is 0 Å². The monoisotopic (exact) mass is 309 g/mol. The zero-order valence-corrected chi connectivity index (χ0v) is 12.2. The number of fused-ring (bicyclic) bond motifs is 1. The van der Waals surface area contributed by atoms with E-state index < -0.39 is 0 Å². The van der Waals surface area contributed by atoms with Crippen molar-refractivity contribution in [2.45, 2.75) is 6.92 Å². The highest BCUT2D eigenvalue weighted by molar-refractivity contribution is 7.22. The van der Waals surface area contributed by atoms with Crippen LogP contribution in [0.5, 0.6) is 0 Å². The van der Waals surface area contributed by atoms with Crippen molar-refractivity contribution < 1.29 is 4.79 Å². The van der Waals surface area contributed by atoms with E-state index in [9.17, 15) is 4.79 Å². The molecule has 1 amide bonds. The number of anilines is 1. The molecule has 1 N–H and O–H groups in total. The normalized spacial score (nSPS) is 10.8. The van der Waals surface area contributed by atoms with Crippen LogP contribution in [0.25, 0.3) is 10.2 Å². The summed E-state index contributed by atoms with van der Waals surface area (Å²) in [5, 5.41) is 4.01. The van der Waals surface area contributed by atoms with Gasteiger partial charge in [-0.05, 0) is 25.1 Å². The van der Waals surface area contributed by atoms with Gasteiger partial charge in [0.25, 0.3) is 5.91 Å². The Morgan fingerprint density at radius 1 is 1.42 bits per heavy atom. The van der Waals surface area contributed by atoms with Gasteiger partial charge in [-0.3, -0.25) is 10.1 Å². The smallest absolute Gasteiger partial charge is 0.269 e. The Morgan fingerprint density at radius 2 is 2.26 bits per heavy atom. The molecule has 0 bridgehead atoms. The molecule has 3 aromatic rings. The molecule has 0 atom stereocenters. The lowest BCUT2D eigenvalue weighted by Gasteiger charge is -1.98. The number of rotatable bonds is 2. The van der Waals surface area contributed by atoms with Crippen molar-refractivity contribution in [3.8, 4) is 0 Å². The number of benzene rings is 1. The van der Waals surface area contributed by atoms with Crippen molar-refractivity contribution in [2.75, 3.05) is 5.32 Å². The van der Waals surface area contributed by atoms with Gasteiger partial charge < -0.3 is 0 Å². The Kier molecular flexibility index (Phi) is 3.22. The first-order valence-electron chi connectivity index (χ1n) is 5.41. The summed E-state index contributed by atoms with van der Waals surface area (Å²) in [7, 11) is 0. The van der Waals surface area contributed by atoms with Crippen LogP contribution in [0, 0.1) is 6.92 Å². The molecule has 0 radical (unpaired) electrons. The summed E-state index contributed by atoms with van der Waals surface area (Å²) >= 11 is 8.64. The van der Waals surface area contributed by atoms with E-state index in [1.165, 1.54) is 22.7 Å². The van der Waals surface area contributed by atoms with Crippen LogP contribution >= 0.6 is 34.3 Å². The second-order valence-electron chi connectivity index (χ2n) is 3.85. The first kappa shape index (κ1) is 12.5. The van der Waals surface area contributed by atoms with E-state index in [0.29, 0.717) is 15.0 Å². The summed E-state index contributed by atoms with van der Waals surface area (Å²) < 4.78 is 0.948. The molecule has 0 saturated heterocycles. The Bertz CT molecular complexity index is 765. The summed E-state index contributed by atoms with van der Waals surface area (Å²) in [4.78, 5) is 21.1. The summed E-state index contributed by atoms with van der Waals surface area (Å²) in [5.41, 5.74) is 3.21. The minimum atomic E-state index is -0.176. The maximum Gasteiger partial charge on any atom is 0.269 e. The molecule has 7 heteroatoms. The molecular weight excluding hydrogens is 302 g/mol. The van der Waals surface area contributed by atoms with Gasteiger partial charge in [-0.2, -0.15) is 0 Å². The summed E-state index contributed by atoms with van der Waals surface area (Å²) in [6.07, 6.45) is 0. The Hall–Kier alpha value is -1.50. The second kappa shape index (κ2) is 4.88. The molecule has 19 heavy (non-hydrogen) atoms. The second-order valence-corrected chi connectivity index (χ2v) is 6.17. The zero-order chi connectivity index (χ0) is 13.4. The number of nitrogens with zero attached hydrogens (tertiary/aromatic N) is 2. The van der Waals surface area contributed by atoms with Crippen molar-refractivity contribution in [1.29, 1.82) is 0 Å². The lowest BCUT2D eigenvalue weighted by Crippen LogP contribution is -2.11. The van der Waals surface area contributed by atoms with Crippen molar-refractivity contribution in [1.82, 2.24) is 9.97 Å². The fraction of sp³-hybridized carbons (Fsp3) is 0.0833. The van der Waals surface area contributed by atoms with E-state index in [4.69, 9.17) is 11.6 Å². The first-order valence-corrected chi connectivity index (χ1v) is 7.48. The van der Waals surface area contributed by atoms with Gasteiger partial charge in [0.1, 0.15) is 4.88 Å². The van der Waals surface area contributed by atoms with Gasteiger partial charge in [0.2, 0.25) is 0 Å². The van der Waals surface area contributed by atoms with E-state index in [1.807, 2.05) is 19.1 Å². The van der Waals surface area contributed by atoms with Crippen molar-refractivity contribution >= 4 is 55.5 Å². The highest BCUT2D eigenvalue weighted by Crippen LogP contribution is 2.28. The molecule has 0 saturated carbocycles. The van der Waals surface area contributed by atoms with E-state index in [0.717, 1.165) is 15.9 Å². The van der Waals surface area contributed by atoms with Crippen LogP contribution in [0.15, 0.2) is 23.7 Å². The number of thiazole rings is 2. The summed E-state index contributed by atoms with van der Waals surface area (Å²) in [5.74, 6) is -0.176. The van der Waals surface area contributed by atoms with Gasteiger partial charge in [-0.15, -0.1) is 11.3 Å². The fourth-order valence-electron chi connectivity index (χ4n) is 1.63. The van der Waals surface area contributed by atoms with E-state index in [2.05, 4.69) is 15.3 Å². The topological polar surface area (TPSA) is 54.9 Å². The van der Waals surface area contributed by atoms with Gasteiger partial charge >= 0.3 is 0 Å². The molecule has 0 spiro atoms. The van der Waals surface area contributed by atoms with Crippen LogP contribution in [0.4, 0.5) is 5.13 Å². The number of amides is 1. The van der Waals surface area contributed by atoms with Crippen molar-refractivity contribution in [2.24, 2.45) is 0 Å². The third-order valence-electron chi connectivity index (χ3n) is 2.52. The van der Waals surface area contributed by atoms with Crippen LogP contribution in [0.2, 0.25) is 5.02 Å². The fourth-order valence-corrected chi connectivity index (χ4v) is 3.46. The van der Waals surface area contributed by atoms with E-state index in [1.54, 1.807) is 11.6 Å². The zero-order valence-electron chi connectivity index (χ0n) is 9.81. The molecule has 0 aliphatic rings. The average Bonchev–Trinajstić information content (AvgIpc) is 2.94.